The third kappa shape index (κ3) is 4.87. The maximum Gasteiger partial charge on any atom is 0.240 e. The number of benzene rings is 2. The van der Waals surface area contributed by atoms with Gasteiger partial charge >= 0.3 is 0 Å². The number of aliphatic hydroxyl groups is 1. The lowest BCUT2D eigenvalue weighted by molar-refractivity contribution is 0.112. The summed E-state index contributed by atoms with van der Waals surface area (Å²) in [5.41, 5.74) is 1.42. The Bertz CT molecular complexity index is 1330. The SMILES string of the molecule is CC1(C)C(c2ccccc2)=CC=C[C@]1(COc1ccc(C=O)cc1Cl)c1noc(CN2CCC(O)C2)n1. The average Bonchev–Trinajstić information content (AvgIpc) is 3.53. The monoisotopic (exact) mass is 519 g/mol. The van der Waals surface area contributed by atoms with Gasteiger partial charge in [-0.3, -0.25) is 9.69 Å². The Hall–Kier alpha value is -3.26. The third-order valence-electron chi connectivity index (χ3n) is 7.54. The highest BCUT2D eigenvalue weighted by Gasteiger charge is 2.52. The van der Waals surface area contributed by atoms with Crippen molar-refractivity contribution in [1.82, 2.24) is 15.0 Å². The summed E-state index contributed by atoms with van der Waals surface area (Å²) in [6.07, 6.45) is 7.37. The molecule has 7 nitrogen and oxygen atoms in total. The van der Waals surface area contributed by atoms with Gasteiger partial charge < -0.3 is 14.4 Å². The van der Waals surface area contributed by atoms with Crippen molar-refractivity contribution in [3.05, 3.63) is 94.6 Å². The normalized spacial score (nSPS) is 23.1. The Kier molecular flexibility index (Phi) is 7.03. The number of β-amino-alcohol motifs (C(OH)–C–C–N with tert-alkyl or cyclic N) is 1. The van der Waals surface area contributed by atoms with Crippen molar-refractivity contribution in [3.8, 4) is 5.75 Å². The van der Waals surface area contributed by atoms with Crippen LogP contribution in [0.3, 0.4) is 0 Å². The number of carbonyl (C=O) groups excluding carboxylic acids is 1. The molecule has 37 heavy (non-hydrogen) atoms. The molecule has 1 aromatic heterocycles. The molecule has 0 spiro atoms. The summed E-state index contributed by atoms with van der Waals surface area (Å²) in [6, 6.07) is 15.2. The van der Waals surface area contributed by atoms with Crippen molar-refractivity contribution in [2.75, 3.05) is 19.7 Å². The van der Waals surface area contributed by atoms with Gasteiger partial charge in [-0.2, -0.15) is 4.98 Å². The van der Waals surface area contributed by atoms with E-state index in [0.717, 1.165) is 30.4 Å². The van der Waals surface area contributed by atoms with E-state index in [2.05, 4.69) is 48.2 Å². The molecule has 0 radical (unpaired) electrons. The average molecular weight is 520 g/mol. The Labute approximate surface area is 221 Å². The van der Waals surface area contributed by atoms with Crippen molar-refractivity contribution in [3.63, 3.8) is 0 Å². The minimum absolute atomic E-state index is 0.197. The molecule has 0 saturated carbocycles. The van der Waals surface area contributed by atoms with E-state index in [0.29, 0.717) is 41.1 Å². The number of aliphatic hydroxyl groups excluding tert-OH is 1. The van der Waals surface area contributed by atoms with Crippen molar-refractivity contribution in [2.24, 2.45) is 5.41 Å². The zero-order valence-electron chi connectivity index (χ0n) is 20.9. The van der Waals surface area contributed by atoms with Gasteiger partial charge in [0.25, 0.3) is 0 Å². The van der Waals surface area contributed by atoms with Gasteiger partial charge in [0.1, 0.15) is 18.6 Å². The lowest BCUT2D eigenvalue weighted by atomic mass is 9.58. The molecule has 1 N–H and O–H groups in total. The van der Waals surface area contributed by atoms with Crippen LogP contribution in [0.5, 0.6) is 5.75 Å². The minimum Gasteiger partial charge on any atom is -0.491 e. The summed E-state index contributed by atoms with van der Waals surface area (Å²) in [7, 11) is 0. The Morgan fingerprint density at radius 3 is 2.76 bits per heavy atom. The summed E-state index contributed by atoms with van der Waals surface area (Å²) in [5, 5.41) is 14.7. The fourth-order valence-electron chi connectivity index (χ4n) is 5.23. The van der Waals surface area contributed by atoms with Crippen LogP contribution in [-0.2, 0) is 12.0 Å². The molecule has 0 bridgehead atoms. The molecule has 2 heterocycles. The maximum absolute atomic E-state index is 11.2. The number of nitrogens with zero attached hydrogens (tertiary/aromatic N) is 3. The first-order valence-corrected chi connectivity index (χ1v) is 12.8. The van der Waals surface area contributed by atoms with Crippen LogP contribution in [0.1, 0.15) is 47.9 Å². The van der Waals surface area contributed by atoms with E-state index in [1.54, 1.807) is 18.2 Å². The predicted molar refractivity (Wildman–Crippen MR) is 142 cm³/mol. The van der Waals surface area contributed by atoms with E-state index in [1.807, 2.05) is 24.3 Å². The molecule has 2 aliphatic rings. The molecule has 192 valence electrons. The van der Waals surface area contributed by atoms with Gasteiger partial charge in [-0.25, -0.2) is 0 Å². The topological polar surface area (TPSA) is 88.7 Å². The van der Waals surface area contributed by atoms with Crippen LogP contribution >= 0.6 is 11.6 Å². The van der Waals surface area contributed by atoms with Gasteiger partial charge in [0.05, 0.1) is 23.1 Å². The summed E-state index contributed by atoms with van der Waals surface area (Å²) < 4.78 is 12.0. The Morgan fingerprint density at radius 2 is 2.05 bits per heavy atom. The number of allylic oxidation sites excluding steroid dienone is 3. The van der Waals surface area contributed by atoms with Crippen molar-refractivity contribution in [1.29, 1.82) is 0 Å². The Balaban J connectivity index is 1.51. The van der Waals surface area contributed by atoms with Gasteiger partial charge in [0, 0.05) is 24.1 Å². The van der Waals surface area contributed by atoms with Gasteiger partial charge in [-0.1, -0.05) is 79.2 Å². The van der Waals surface area contributed by atoms with Crippen LogP contribution in [0.4, 0.5) is 0 Å². The van der Waals surface area contributed by atoms with Gasteiger partial charge in [-0.15, -0.1) is 0 Å². The van der Waals surface area contributed by atoms with Crippen molar-refractivity contribution < 1.29 is 19.2 Å². The Morgan fingerprint density at radius 1 is 1.24 bits per heavy atom. The van der Waals surface area contributed by atoms with Crippen LogP contribution in [0, 0.1) is 5.41 Å². The lowest BCUT2D eigenvalue weighted by Gasteiger charge is -2.46. The van der Waals surface area contributed by atoms with E-state index >= 15 is 0 Å². The quantitative estimate of drug-likeness (QED) is 0.414. The highest BCUT2D eigenvalue weighted by molar-refractivity contribution is 6.32. The van der Waals surface area contributed by atoms with Crippen LogP contribution in [0.25, 0.3) is 5.57 Å². The van der Waals surface area contributed by atoms with Crippen molar-refractivity contribution >= 4 is 23.5 Å². The summed E-state index contributed by atoms with van der Waals surface area (Å²) in [4.78, 5) is 18.1. The van der Waals surface area contributed by atoms with Gasteiger partial charge in [-0.05, 0) is 35.8 Å². The minimum atomic E-state index is -0.786. The fourth-order valence-corrected chi connectivity index (χ4v) is 5.48. The van der Waals surface area contributed by atoms with Crippen LogP contribution in [0.2, 0.25) is 5.02 Å². The molecular formula is C29H30ClN3O4. The number of rotatable bonds is 8. The second-order valence-electron chi connectivity index (χ2n) is 10.2. The van der Waals surface area contributed by atoms with E-state index in [9.17, 15) is 9.90 Å². The van der Waals surface area contributed by atoms with E-state index < -0.39 is 10.8 Å². The summed E-state index contributed by atoms with van der Waals surface area (Å²) in [6.45, 7) is 6.36. The number of carbonyl (C=O) groups is 1. The van der Waals surface area contributed by atoms with Crippen molar-refractivity contribution in [2.45, 2.75) is 38.3 Å². The zero-order valence-corrected chi connectivity index (χ0v) is 21.7. The number of halogens is 1. The van der Waals surface area contributed by atoms with Crippen LogP contribution in [0.15, 0.2) is 71.3 Å². The number of hydrogen-bond donors (Lipinski definition) is 1. The highest BCUT2D eigenvalue weighted by atomic mass is 35.5. The second-order valence-corrected chi connectivity index (χ2v) is 10.6. The van der Waals surface area contributed by atoms with Crippen LogP contribution < -0.4 is 4.74 Å². The smallest absolute Gasteiger partial charge is 0.240 e. The lowest BCUT2D eigenvalue weighted by Crippen LogP contribution is -2.48. The van der Waals surface area contributed by atoms with E-state index in [-0.39, 0.29) is 12.7 Å². The van der Waals surface area contributed by atoms with E-state index in [1.165, 1.54) is 0 Å². The standard InChI is InChI=1S/C29H30ClN3O4/c1-28(2)23(21-7-4-3-5-8-21)9-6-13-29(28,19-36-25-11-10-20(18-34)15-24(25)30)27-31-26(37-32-27)17-33-14-12-22(35)16-33/h3-11,13,15,18,22,35H,12,14,16-17,19H2,1-2H3/t22?,29-/m0/s1. The zero-order chi connectivity index (χ0) is 26.0. The summed E-state index contributed by atoms with van der Waals surface area (Å²) in [5.74, 6) is 1.49. The molecule has 1 unspecified atom stereocenters. The maximum atomic E-state index is 11.2. The van der Waals surface area contributed by atoms with Gasteiger partial charge in [0.15, 0.2) is 5.82 Å². The molecule has 5 rings (SSSR count). The van der Waals surface area contributed by atoms with Gasteiger partial charge in [0.2, 0.25) is 5.89 Å². The molecule has 1 saturated heterocycles. The highest BCUT2D eigenvalue weighted by Crippen LogP contribution is 2.53. The largest absolute Gasteiger partial charge is 0.491 e. The molecule has 1 aliphatic carbocycles. The molecule has 3 aromatic rings. The number of hydrogen-bond acceptors (Lipinski definition) is 7. The molecule has 2 aromatic carbocycles. The number of aldehydes is 1. The number of aromatic nitrogens is 2. The molecule has 1 aliphatic heterocycles. The third-order valence-corrected chi connectivity index (χ3v) is 7.83. The summed E-state index contributed by atoms with van der Waals surface area (Å²) >= 11 is 6.43. The number of likely N-dealkylation sites (tertiary alicyclic amines) is 1. The van der Waals surface area contributed by atoms with E-state index in [4.69, 9.17) is 25.8 Å². The molecule has 0 amide bonds. The molecule has 2 atom stereocenters. The fraction of sp³-hybridized carbons (Fsp3) is 0.345. The molecule has 1 fully saturated rings. The number of ether oxygens (including phenoxy) is 1. The first-order valence-electron chi connectivity index (χ1n) is 12.4. The van der Waals surface area contributed by atoms with Crippen LogP contribution in [-0.4, -0.2) is 52.2 Å². The molecular weight excluding hydrogens is 490 g/mol. The second kappa shape index (κ2) is 10.2. The first kappa shape index (κ1) is 25.4. The molecule has 8 heteroatoms. The predicted octanol–water partition coefficient (Wildman–Crippen LogP) is 5.10. The first-order chi connectivity index (χ1) is 17.8.